The maximum absolute atomic E-state index is 13.5. The molecule has 1 atom stereocenters. The highest BCUT2D eigenvalue weighted by molar-refractivity contribution is 9.10. The highest BCUT2D eigenvalue weighted by Gasteiger charge is 2.42. The lowest BCUT2D eigenvalue weighted by Crippen LogP contribution is -2.31. The van der Waals surface area contributed by atoms with E-state index in [1.807, 2.05) is 29.7 Å². The van der Waals surface area contributed by atoms with Crippen molar-refractivity contribution in [3.8, 4) is 0 Å². The van der Waals surface area contributed by atoms with Crippen LogP contribution in [0.4, 0.5) is 5.69 Å². The summed E-state index contributed by atoms with van der Waals surface area (Å²) in [4.78, 5) is 30.3. The number of para-hydroxylation sites is 1. The molecule has 1 saturated carbocycles. The highest BCUT2D eigenvalue weighted by atomic mass is 79.9. The van der Waals surface area contributed by atoms with E-state index in [1.54, 1.807) is 18.2 Å². The number of anilines is 1. The molecule has 2 aliphatic rings. The molecule has 2 heterocycles. The summed E-state index contributed by atoms with van der Waals surface area (Å²) in [6, 6.07) is 10.5. The first-order valence-electron chi connectivity index (χ1n) is 11.2. The van der Waals surface area contributed by atoms with E-state index in [4.69, 9.17) is 4.98 Å². The fourth-order valence-electron chi connectivity index (χ4n) is 5.50. The summed E-state index contributed by atoms with van der Waals surface area (Å²) in [5, 5.41) is 13.5. The van der Waals surface area contributed by atoms with Crippen LogP contribution < -0.4 is 10.9 Å². The van der Waals surface area contributed by atoms with Crippen LogP contribution in [0.15, 0.2) is 45.7 Å². The van der Waals surface area contributed by atoms with E-state index in [9.17, 15) is 14.7 Å². The van der Waals surface area contributed by atoms with Gasteiger partial charge in [-0.15, -0.1) is 0 Å². The Labute approximate surface area is 194 Å². The first kappa shape index (κ1) is 21.2. The number of hydrogen-bond donors (Lipinski definition) is 2. The zero-order valence-electron chi connectivity index (χ0n) is 18.0. The second-order valence-electron chi connectivity index (χ2n) is 9.09. The standard InChI is InChI=1S/C25H26BrN3O3/c1-15(27-20-8-4-3-7-17(20)23(31)32)18-13-16(26)14-19-21(18)28-24-25(9-5-2-6-10-25)11-12-29(24)22(19)30/h3-4,7-8,13-15,27H,2,5-6,9-12H2,1H3,(H,31,32). The van der Waals surface area contributed by atoms with Crippen LogP contribution in [0.25, 0.3) is 10.9 Å². The molecule has 1 fully saturated rings. The first-order chi connectivity index (χ1) is 15.4. The van der Waals surface area contributed by atoms with Crippen molar-refractivity contribution in [2.45, 2.75) is 63.5 Å². The minimum atomic E-state index is -0.979. The van der Waals surface area contributed by atoms with Crippen molar-refractivity contribution in [2.24, 2.45) is 0 Å². The summed E-state index contributed by atoms with van der Waals surface area (Å²) in [5.74, 6) is -0.0377. The molecule has 1 aliphatic carbocycles. The van der Waals surface area contributed by atoms with Gasteiger partial charge in [-0.25, -0.2) is 9.78 Å². The maximum atomic E-state index is 13.5. The Bertz CT molecular complexity index is 1280. The minimum absolute atomic E-state index is 0.0164. The predicted octanol–water partition coefficient (Wildman–Crippen LogP) is 5.64. The number of halogens is 1. The lowest BCUT2D eigenvalue weighted by molar-refractivity contribution is 0.0698. The van der Waals surface area contributed by atoms with Crippen molar-refractivity contribution in [3.05, 3.63) is 68.2 Å². The molecule has 3 aromatic rings. The molecule has 6 nitrogen and oxygen atoms in total. The zero-order valence-corrected chi connectivity index (χ0v) is 19.6. The Morgan fingerprint density at radius 2 is 1.94 bits per heavy atom. The van der Waals surface area contributed by atoms with Crippen LogP contribution in [-0.4, -0.2) is 20.6 Å². The Morgan fingerprint density at radius 1 is 1.19 bits per heavy atom. The Balaban J connectivity index is 1.64. The molecule has 5 rings (SSSR count). The summed E-state index contributed by atoms with van der Waals surface area (Å²) >= 11 is 3.56. The summed E-state index contributed by atoms with van der Waals surface area (Å²) in [6.45, 7) is 2.71. The number of carboxylic acid groups (broad SMARTS) is 1. The molecular formula is C25H26BrN3O3. The lowest BCUT2D eigenvalue weighted by atomic mass is 9.72. The van der Waals surface area contributed by atoms with E-state index in [1.165, 1.54) is 19.3 Å². The number of rotatable bonds is 4. The number of carboxylic acids is 1. The summed E-state index contributed by atoms with van der Waals surface area (Å²) < 4.78 is 2.70. The Morgan fingerprint density at radius 3 is 2.69 bits per heavy atom. The third-order valence-electron chi connectivity index (χ3n) is 7.15. The van der Waals surface area contributed by atoms with E-state index >= 15 is 0 Å². The summed E-state index contributed by atoms with van der Waals surface area (Å²) in [5.41, 5.74) is 2.39. The van der Waals surface area contributed by atoms with Crippen LogP contribution in [0.3, 0.4) is 0 Å². The second kappa shape index (κ2) is 8.03. The quantitative estimate of drug-likeness (QED) is 0.489. The Kier molecular flexibility index (Phi) is 5.32. The van der Waals surface area contributed by atoms with E-state index in [-0.39, 0.29) is 22.6 Å². The third-order valence-corrected chi connectivity index (χ3v) is 7.61. The lowest BCUT2D eigenvalue weighted by Gasteiger charge is -2.32. The van der Waals surface area contributed by atoms with Gasteiger partial charge in [0.2, 0.25) is 0 Å². The average molecular weight is 496 g/mol. The molecule has 1 aliphatic heterocycles. The number of aromatic nitrogens is 2. The van der Waals surface area contributed by atoms with Crippen LogP contribution in [0.1, 0.15) is 73.2 Å². The Hall–Kier alpha value is -2.67. The van der Waals surface area contributed by atoms with Gasteiger partial charge >= 0.3 is 5.97 Å². The average Bonchev–Trinajstić information content (AvgIpc) is 3.12. The fourth-order valence-corrected chi connectivity index (χ4v) is 5.98. The molecule has 7 heteroatoms. The van der Waals surface area contributed by atoms with Gasteiger partial charge in [-0.2, -0.15) is 0 Å². The van der Waals surface area contributed by atoms with Crippen molar-refractivity contribution in [3.63, 3.8) is 0 Å². The summed E-state index contributed by atoms with van der Waals surface area (Å²) in [6.07, 6.45) is 6.80. The SMILES string of the molecule is CC(Nc1ccccc1C(=O)O)c1cc(Br)cc2c(=O)n3c(nc12)C1(CCCCC1)CC3. The fraction of sp³-hybridized carbons (Fsp3) is 0.400. The van der Waals surface area contributed by atoms with Gasteiger partial charge < -0.3 is 10.4 Å². The zero-order chi connectivity index (χ0) is 22.5. The smallest absolute Gasteiger partial charge is 0.337 e. The van der Waals surface area contributed by atoms with Crippen molar-refractivity contribution in [1.29, 1.82) is 0 Å². The van der Waals surface area contributed by atoms with E-state index in [2.05, 4.69) is 21.2 Å². The number of fused-ring (bicyclic) bond motifs is 3. The van der Waals surface area contributed by atoms with Gasteiger partial charge in [-0.1, -0.05) is 47.3 Å². The normalized spacial score (nSPS) is 17.9. The van der Waals surface area contributed by atoms with E-state index < -0.39 is 5.97 Å². The van der Waals surface area contributed by atoms with Gasteiger partial charge in [0, 0.05) is 27.7 Å². The molecule has 2 aromatic carbocycles. The largest absolute Gasteiger partial charge is 0.478 e. The van der Waals surface area contributed by atoms with Crippen LogP contribution >= 0.6 is 15.9 Å². The summed E-state index contributed by atoms with van der Waals surface area (Å²) in [7, 11) is 0. The first-order valence-corrected chi connectivity index (χ1v) is 12.0. The second-order valence-corrected chi connectivity index (χ2v) is 10.0. The molecule has 0 amide bonds. The van der Waals surface area contributed by atoms with Gasteiger partial charge in [0.15, 0.2) is 0 Å². The van der Waals surface area contributed by atoms with Crippen molar-refractivity contribution < 1.29 is 9.90 Å². The van der Waals surface area contributed by atoms with Gasteiger partial charge in [0.1, 0.15) is 5.82 Å². The number of aromatic carboxylic acids is 1. The molecule has 1 spiro atoms. The third kappa shape index (κ3) is 3.43. The number of nitrogens with zero attached hydrogens (tertiary/aromatic N) is 2. The number of hydrogen-bond acceptors (Lipinski definition) is 4. The molecule has 1 unspecified atom stereocenters. The maximum Gasteiger partial charge on any atom is 0.337 e. The highest BCUT2D eigenvalue weighted by Crippen LogP contribution is 2.45. The van der Waals surface area contributed by atoms with E-state index in [0.29, 0.717) is 16.6 Å². The van der Waals surface area contributed by atoms with Crippen molar-refractivity contribution >= 4 is 38.5 Å². The van der Waals surface area contributed by atoms with Crippen molar-refractivity contribution in [1.82, 2.24) is 9.55 Å². The molecule has 0 saturated heterocycles. The van der Waals surface area contributed by atoms with Crippen LogP contribution in [0.2, 0.25) is 0 Å². The molecular weight excluding hydrogens is 470 g/mol. The number of carbonyl (C=O) groups is 1. The van der Waals surface area contributed by atoms with Crippen LogP contribution in [0.5, 0.6) is 0 Å². The molecule has 0 radical (unpaired) electrons. The van der Waals surface area contributed by atoms with Gasteiger partial charge in [-0.3, -0.25) is 9.36 Å². The predicted molar refractivity (Wildman–Crippen MR) is 129 cm³/mol. The van der Waals surface area contributed by atoms with Gasteiger partial charge in [-0.05, 0) is 50.5 Å². The molecule has 2 N–H and O–H groups in total. The van der Waals surface area contributed by atoms with Crippen molar-refractivity contribution in [2.75, 3.05) is 5.32 Å². The van der Waals surface area contributed by atoms with Gasteiger partial charge in [0.25, 0.3) is 5.56 Å². The molecule has 166 valence electrons. The van der Waals surface area contributed by atoms with Crippen LogP contribution in [0, 0.1) is 0 Å². The molecule has 1 aromatic heterocycles. The molecule has 32 heavy (non-hydrogen) atoms. The van der Waals surface area contributed by atoms with Gasteiger partial charge in [0.05, 0.1) is 22.5 Å². The minimum Gasteiger partial charge on any atom is -0.478 e. The topological polar surface area (TPSA) is 84.2 Å². The monoisotopic (exact) mass is 495 g/mol. The van der Waals surface area contributed by atoms with Crippen LogP contribution in [-0.2, 0) is 12.0 Å². The molecule has 0 bridgehead atoms. The number of benzene rings is 2. The van der Waals surface area contributed by atoms with E-state index in [0.717, 1.165) is 41.7 Å². The number of nitrogens with one attached hydrogen (secondary N) is 1.